The van der Waals surface area contributed by atoms with Crippen LogP contribution < -0.4 is 0 Å². The molecule has 0 aromatic heterocycles. The van der Waals surface area contributed by atoms with Crippen LogP contribution in [-0.2, 0) is 9.53 Å². The number of carbonyl (C=O) groups excluding carboxylic acids is 1. The maximum Gasteiger partial charge on any atom is 0.248 e. The van der Waals surface area contributed by atoms with Crippen molar-refractivity contribution in [3.63, 3.8) is 0 Å². The summed E-state index contributed by atoms with van der Waals surface area (Å²) in [7, 11) is -1.63. The van der Waals surface area contributed by atoms with Crippen molar-refractivity contribution in [2.75, 3.05) is 6.61 Å². The number of Topliss-reactive ketones (excluding diaryl/α,β-unsaturated/α-hetero) is 1. The van der Waals surface area contributed by atoms with Crippen LogP contribution in [0.4, 0.5) is 0 Å². The summed E-state index contributed by atoms with van der Waals surface area (Å²) in [6.07, 6.45) is 5.47. The van der Waals surface area contributed by atoms with Crippen LogP contribution in [0, 0.1) is 23.7 Å². The van der Waals surface area contributed by atoms with Gasteiger partial charge in [0.05, 0.1) is 20.3 Å². The van der Waals surface area contributed by atoms with Gasteiger partial charge in [-0.1, -0.05) is 94.2 Å². The first-order valence-corrected chi connectivity index (χ1v) is 15.8. The molecular weight excluding hydrogens is 424 g/mol. The average Bonchev–Trinajstić information content (AvgIpc) is 2.72. The molecule has 4 heteroatoms. The summed E-state index contributed by atoms with van der Waals surface area (Å²) in [5.74, 6) is 7.13. The first-order valence-electron chi connectivity index (χ1n) is 12.2. The van der Waals surface area contributed by atoms with Gasteiger partial charge in [-0.25, -0.2) is 0 Å². The molecule has 0 saturated heterocycles. The number of rotatable bonds is 10. The molecule has 1 N–H and O–H groups in total. The Morgan fingerprint density at radius 1 is 1.15 bits per heavy atom. The van der Waals surface area contributed by atoms with Crippen LogP contribution in [-0.4, -0.2) is 31.2 Å². The summed E-state index contributed by atoms with van der Waals surface area (Å²) in [5, 5.41) is 11.3. The first kappa shape index (κ1) is 27.2. The number of ether oxygens (including phenoxy) is 1. The number of carbonyl (C=O) groups is 1. The second-order valence-corrected chi connectivity index (χ2v) is 16.6. The van der Waals surface area contributed by atoms with Crippen LogP contribution in [0.3, 0.4) is 0 Å². The molecule has 1 aliphatic rings. The maximum atomic E-state index is 13.1. The number of aliphatic hydroxyl groups is 1. The lowest BCUT2D eigenvalue weighted by molar-refractivity contribution is -0.130. The Kier molecular flexibility index (Phi) is 9.35. The standard InChI is InChI=1S/C29H42O3Si/c1-21(2)13-12-14-23(5)19-25(33(6,7)8)17-18-29(31)27(30)26(24-15-10-9-11-16-24)28(29)32-20-22(3)4/h9-11,13,15-16,22-23,25,31H,12,14,19-20H2,1-8H3/t23-,25?,29?/m1/s1. The molecule has 2 unspecified atom stereocenters. The highest BCUT2D eigenvalue weighted by Gasteiger charge is 2.54. The van der Waals surface area contributed by atoms with Crippen molar-refractivity contribution in [2.45, 2.75) is 84.7 Å². The van der Waals surface area contributed by atoms with Crippen LogP contribution in [0.15, 0.2) is 47.7 Å². The van der Waals surface area contributed by atoms with Gasteiger partial charge in [0.25, 0.3) is 0 Å². The zero-order valence-corrected chi connectivity index (χ0v) is 22.8. The number of allylic oxidation sites excluding steroid dienone is 2. The largest absolute Gasteiger partial charge is 0.492 e. The quantitative estimate of drug-likeness (QED) is 0.232. The smallest absolute Gasteiger partial charge is 0.248 e. The van der Waals surface area contributed by atoms with E-state index in [1.165, 1.54) is 5.57 Å². The summed E-state index contributed by atoms with van der Waals surface area (Å²) < 4.78 is 5.98. The summed E-state index contributed by atoms with van der Waals surface area (Å²) in [6, 6.07) is 9.42. The third-order valence-electron chi connectivity index (χ3n) is 6.06. The van der Waals surface area contributed by atoms with Gasteiger partial charge in [-0.05, 0) is 50.5 Å². The molecule has 3 nitrogen and oxygen atoms in total. The fourth-order valence-corrected chi connectivity index (χ4v) is 5.52. The van der Waals surface area contributed by atoms with Gasteiger partial charge in [0, 0.05) is 5.54 Å². The van der Waals surface area contributed by atoms with Crippen molar-refractivity contribution in [1.29, 1.82) is 0 Å². The zero-order chi connectivity index (χ0) is 24.8. The van der Waals surface area contributed by atoms with Crippen molar-refractivity contribution in [3.05, 3.63) is 53.3 Å². The molecular formula is C29H42O3Si. The molecule has 0 heterocycles. The Morgan fingerprint density at radius 2 is 1.79 bits per heavy atom. The Bertz CT molecular complexity index is 937. The lowest BCUT2D eigenvalue weighted by Gasteiger charge is -2.36. The highest BCUT2D eigenvalue weighted by molar-refractivity contribution is 6.78. The van der Waals surface area contributed by atoms with E-state index in [9.17, 15) is 9.90 Å². The van der Waals surface area contributed by atoms with E-state index in [1.54, 1.807) is 0 Å². The molecule has 0 bridgehead atoms. The van der Waals surface area contributed by atoms with Crippen molar-refractivity contribution in [3.8, 4) is 11.8 Å². The predicted molar refractivity (Wildman–Crippen MR) is 141 cm³/mol. The molecule has 180 valence electrons. The van der Waals surface area contributed by atoms with Crippen molar-refractivity contribution in [2.24, 2.45) is 11.8 Å². The van der Waals surface area contributed by atoms with Gasteiger partial charge in [0.2, 0.25) is 11.4 Å². The lowest BCUT2D eigenvalue weighted by Crippen LogP contribution is -2.50. The molecule has 0 fully saturated rings. The number of hydrogen-bond donors (Lipinski definition) is 1. The molecule has 33 heavy (non-hydrogen) atoms. The molecule has 0 saturated carbocycles. The number of benzene rings is 1. The molecule has 1 aromatic carbocycles. The minimum absolute atomic E-state index is 0.197. The van der Waals surface area contributed by atoms with Gasteiger partial charge in [-0.3, -0.25) is 4.79 Å². The molecule has 2 rings (SSSR count). The number of ketones is 1. The Balaban J connectivity index is 2.33. The summed E-state index contributed by atoms with van der Waals surface area (Å²) >= 11 is 0. The summed E-state index contributed by atoms with van der Waals surface area (Å²) in [5.41, 5.74) is 0.922. The second-order valence-electron chi connectivity index (χ2n) is 11.2. The van der Waals surface area contributed by atoms with Gasteiger partial charge in [-0.15, -0.1) is 0 Å². The molecule has 0 spiro atoms. The monoisotopic (exact) mass is 466 g/mol. The molecule has 1 aromatic rings. The topological polar surface area (TPSA) is 46.5 Å². The lowest BCUT2D eigenvalue weighted by atomic mass is 9.75. The molecule has 3 atom stereocenters. The highest BCUT2D eigenvalue weighted by atomic mass is 28.3. The van der Waals surface area contributed by atoms with Gasteiger partial charge < -0.3 is 9.84 Å². The van der Waals surface area contributed by atoms with Gasteiger partial charge in [0.15, 0.2) is 5.76 Å². The van der Waals surface area contributed by atoms with Crippen LogP contribution >= 0.6 is 0 Å². The highest BCUT2D eigenvalue weighted by Crippen LogP contribution is 2.42. The third kappa shape index (κ3) is 7.19. The molecule has 0 aliphatic heterocycles. The van der Waals surface area contributed by atoms with Gasteiger partial charge >= 0.3 is 0 Å². The maximum absolute atomic E-state index is 13.1. The SMILES string of the molecule is CC(C)=CCC[C@@H](C)CC(C#CC1(O)C(=O)C(c2ccccc2)=C1OCC(C)C)[Si](C)(C)C. The minimum Gasteiger partial charge on any atom is -0.492 e. The van der Waals surface area contributed by atoms with Crippen molar-refractivity contribution in [1.82, 2.24) is 0 Å². The summed E-state index contributed by atoms with van der Waals surface area (Å²) in [4.78, 5) is 13.1. The predicted octanol–water partition coefficient (Wildman–Crippen LogP) is 6.87. The van der Waals surface area contributed by atoms with E-state index in [0.29, 0.717) is 23.9 Å². The average molecular weight is 467 g/mol. The van der Waals surface area contributed by atoms with E-state index in [2.05, 4.69) is 58.3 Å². The van der Waals surface area contributed by atoms with Crippen molar-refractivity contribution < 1.29 is 14.6 Å². The Morgan fingerprint density at radius 3 is 2.33 bits per heavy atom. The Hall–Kier alpha value is -2.09. The van der Waals surface area contributed by atoms with Crippen LogP contribution in [0.2, 0.25) is 25.2 Å². The molecule has 0 radical (unpaired) electrons. The zero-order valence-electron chi connectivity index (χ0n) is 21.8. The fraction of sp³-hybridized carbons (Fsp3) is 0.552. The molecule has 0 amide bonds. The van der Waals surface area contributed by atoms with Gasteiger partial charge in [0.1, 0.15) is 0 Å². The Labute approximate surface area is 202 Å². The fourth-order valence-electron chi connectivity index (χ4n) is 3.91. The normalized spacial score (nSPS) is 20.0. The van der Waals surface area contributed by atoms with E-state index < -0.39 is 13.7 Å². The van der Waals surface area contributed by atoms with E-state index in [4.69, 9.17) is 4.74 Å². The van der Waals surface area contributed by atoms with E-state index in [0.717, 1.165) is 24.8 Å². The van der Waals surface area contributed by atoms with E-state index in [-0.39, 0.29) is 17.2 Å². The van der Waals surface area contributed by atoms with Crippen molar-refractivity contribution >= 4 is 19.4 Å². The second kappa shape index (κ2) is 11.4. The van der Waals surface area contributed by atoms with E-state index in [1.807, 2.05) is 44.2 Å². The minimum atomic E-state index is -1.84. The van der Waals surface area contributed by atoms with E-state index >= 15 is 0 Å². The van der Waals surface area contributed by atoms with Crippen LogP contribution in [0.1, 0.15) is 59.4 Å². The van der Waals surface area contributed by atoms with Gasteiger partial charge in [-0.2, -0.15) is 0 Å². The third-order valence-corrected chi connectivity index (χ3v) is 8.53. The summed E-state index contributed by atoms with van der Waals surface area (Å²) in [6.45, 7) is 18.0. The van der Waals surface area contributed by atoms with Crippen LogP contribution in [0.5, 0.6) is 0 Å². The first-order chi connectivity index (χ1) is 15.4. The van der Waals surface area contributed by atoms with Crippen LogP contribution in [0.25, 0.3) is 5.57 Å². The molecule has 1 aliphatic carbocycles. The number of hydrogen-bond acceptors (Lipinski definition) is 3.